The predicted molar refractivity (Wildman–Crippen MR) is 80.3 cm³/mol. The van der Waals surface area contributed by atoms with Crippen LogP contribution >= 0.6 is 0 Å². The highest BCUT2D eigenvalue weighted by molar-refractivity contribution is 5.42. The van der Waals surface area contributed by atoms with Gasteiger partial charge in [-0.05, 0) is 30.2 Å². The topological polar surface area (TPSA) is 58.9 Å². The molecule has 0 saturated carbocycles. The molecule has 0 aliphatic carbocycles. The number of hydrogen-bond donors (Lipinski definition) is 2. The van der Waals surface area contributed by atoms with Gasteiger partial charge in [-0.2, -0.15) is 0 Å². The van der Waals surface area contributed by atoms with Gasteiger partial charge in [-0.25, -0.2) is 0 Å². The Labute approximate surface area is 124 Å². The van der Waals surface area contributed by atoms with Gasteiger partial charge in [-0.3, -0.25) is 0 Å². The van der Waals surface area contributed by atoms with Crippen molar-refractivity contribution in [1.82, 2.24) is 0 Å². The van der Waals surface area contributed by atoms with E-state index in [9.17, 15) is 5.11 Å². The third-order valence-corrected chi connectivity index (χ3v) is 3.27. The highest BCUT2D eigenvalue weighted by Gasteiger charge is 2.11. The number of rotatable bonds is 6. The Morgan fingerprint density at radius 3 is 2.29 bits per heavy atom. The fraction of sp³-hybridized carbons (Fsp3) is 0.294. The minimum atomic E-state index is -0.609. The van der Waals surface area contributed by atoms with Crippen LogP contribution in [0.15, 0.2) is 42.5 Å². The first kappa shape index (κ1) is 15.4. The summed E-state index contributed by atoms with van der Waals surface area (Å²) in [6.45, 7) is 2.12. The molecule has 0 aromatic heterocycles. The summed E-state index contributed by atoms with van der Waals surface area (Å²) in [7, 11) is 1.59. The van der Waals surface area contributed by atoms with Gasteiger partial charge in [0.1, 0.15) is 18.1 Å². The molecule has 21 heavy (non-hydrogen) atoms. The van der Waals surface area contributed by atoms with E-state index in [0.717, 1.165) is 16.7 Å². The summed E-state index contributed by atoms with van der Waals surface area (Å²) in [5, 5.41) is 18.8. The first-order valence-electron chi connectivity index (χ1n) is 6.81. The second-order valence-corrected chi connectivity index (χ2v) is 4.84. The van der Waals surface area contributed by atoms with Crippen molar-refractivity contribution in [3.05, 3.63) is 59.2 Å². The van der Waals surface area contributed by atoms with Gasteiger partial charge in [0.25, 0.3) is 0 Å². The second-order valence-electron chi connectivity index (χ2n) is 4.84. The lowest BCUT2D eigenvalue weighted by Gasteiger charge is -2.15. The lowest BCUT2D eigenvalue weighted by molar-refractivity contribution is 0.190. The zero-order valence-electron chi connectivity index (χ0n) is 12.2. The highest BCUT2D eigenvalue weighted by atomic mass is 16.5. The largest absolute Gasteiger partial charge is 0.497 e. The zero-order valence-corrected chi connectivity index (χ0v) is 12.2. The van der Waals surface area contributed by atoms with Crippen LogP contribution in [0, 0.1) is 0 Å². The third kappa shape index (κ3) is 3.97. The van der Waals surface area contributed by atoms with E-state index in [2.05, 4.69) is 0 Å². The van der Waals surface area contributed by atoms with E-state index in [1.807, 2.05) is 24.3 Å². The molecule has 2 N–H and O–H groups in total. The Morgan fingerprint density at radius 2 is 1.71 bits per heavy atom. The number of methoxy groups -OCH3 is 1. The lowest BCUT2D eigenvalue weighted by atomic mass is 10.1. The van der Waals surface area contributed by atoms with Crippen molar-refractivity contribution in [2.24, 2.45) is 0 Å². The number of hydrogen-bond acceptors (Lipinski definition) is 4. The first-order chi connectivity index (χ1) is 10.1. The fourth-order valence-corrected chi connectivity index (χ4v) is 2.01. The summed E-state index contributed by atoms with van der Waals surface area (Å²) >= 11 is 0. The molecule has 2 aromatic rings. The first-order valence-corrected chi connectivity index (χ1v) is 6.81. The summed E-state index contributed by atoms with van der Waals surface area (Å²) in [5.74, 6) is 1.29. The second kappa shape index (κ2) is 7.11. The minimum absolute atomic E-state index is 0.0309. The molecule has 0 radical (unpaired) electrons. The molecule has 0 bridgehead atoms. The molecule has 112 valence electrons. The van der Waals surface area contributed by atoms with E-state index < -0.39 is 6.10 Å². The molecule has 0 spiro atoms. The molecular formula is C17H20O4. The normalized spacial score (nSPS) is 12.0. The van der Waals surface area contributed by atoms with Crippen molar-refractivity contribution in [3.8, 4) is 11.5 Å². The Hall–Kier alpha value is -2.04. The van der Waals surface area contributed by atoms with E-state index in [0.29, 0.717) is 18.1 Å². The highest BCUT2D eigenvalue weighted by Crippen LogP contribution is 2.30. The van der Waals surface area contributed by atoms with Gasteiger partial charge in [-0.15, -0.1) is 0 Å². The summed E-state index contributed by atoms with van der Waals surface area (Å²) in [5.41, 5.74) is 2.58. The molecule has 0 amide bonds. The smallest absolute Gasteiger partial charge is 0.129 e. The Balaban J connectivity index is 2.13. The van der Waals surface area contributed by atoms with Crippen LogP contribution in [0.5, 0.6) is 11.5 Å². The van der Waals surface area contributed by atoms with E-state index in [1.165, 1.54) is 0 Å². The van der Waals surface area contributed by atoms with Gasteiger partial charge < -0.3 is 19.7 Å². The van der Waals surface area contributed by atoms with Crippen molar-refractivity contribution in [2.75, 3.05) is 7.11 Å². The molecule has 2 aromatic carbocycles. The zero-order chi connectivity index (χ0) is 15.2. The van der Waals surface area contributed by atoms with Crippen LogP contribution in [0.3, 0.4) is 0 Å². The number of ether oxygens (including phenoxy) is 2. The summed E-state index contributed by atoms with van der Waals surface area (Å²) in [4.78, 5) is 0. The Kier molecular flexibility index (Phi) is 5.20. The third-order valence-electron chi connectivity index (χ3n) is 3.27. The molecule has 0 unspecified atom stereocenters. The summed E-state index contributed by atoms with van der Waals surface area (Å²) in [6, 6.07) is 12.9. The van der Waals surface area contributed by atoms with E-state index in [-0.39, 0.29) is 6.61 Å². The van der Waals surface area contributed by atoms with Gasteiger partial charge in [0.2, 0.25) is 0 Å². The van der Waals surface area contributed by atoms with Gasteiger partial charge in [0, 0.05) is 11.6 Å². The van der Waals surface area contributed by atoms with Crippen LogP contribution in [0.25, 0.3) is 0 Å². The van der Waals surface area contributed by atoms with Crippen molar-refractivity contribution >= 4 is 0 Å². The summed E-state index contributed by atoms with van der Waals surface area (Å²) < 4.78 is 11.0. The van der Waals surface area contributed by atoms with E-state index >= 15 is 0 Å². The van der Waals surface area contributed by atoms with Crippen LogP contribution < -0.4 is 9.47 Å². The quantitative estimate of drug-likeness (QED) is 0.858. The molecule has 1 atom stereocenters. The molecule has 0 aliphatic heterocycles. The maximum atomic E-state index is 9.79. The van der Waals surface area contributed by atoms with Gasteiger partial charge in [-0.1, -0.05) is 24.3 Å². The molecule has 4 heteroatoms. The van der Waals surface area contributed by atoms with Gasteiger partial charge >= 0.3 is 0 Å². The monoisotopic (exact) mass is 288 g/mol. The van der Waals surface area contributed by atoms with Crippen LogP contribution in [0.4, 0.5) is 0 Å². The molecule has 0 fully saturated rings. The number of aliphatic hydroxyl groups is 2. The molecule has 0 saturated heterocycles. The van der Waals surface area contributed by atoms with Crippen molar-refractivity contribution in [2.45, 2.75) is 26.2 Å². The summed E-state index contributed by atoms with van der Waals surface area (Å²) in [6.07, 6.45) is -0.609. The average molecular weight is 288 g/mol. The molecular weight excluding hydrogens is 268 g/mol. The van der Waals surface area contributed by atoms with Crippen LogP contribution in [0.1, 0.15) is 29.7 Å². The molecule has 0 heterocycles. The standard InChI is InChI=1S/C17H20O4/c1-12(19)16-8-7-15(20-2)9-17(16)21-11-14-5-3-13(10-18)4-6-14/h3-9,12,18-19H,10-11H2,1-2H3/t12-/m0/s1. The fourth-order valence-electron chi connectivity index (χ4n) is 2.01. The number of aliphatic hydroxyl groups excluding tert-OH is 2. The van der Waals surface area contributed by atoms with Crippen LogP contribution in [-0.4, -0.2) is 17.3 Å². The lowest BCUT2D eigenvalue weighted by Crippen LogP contribution is -2.01. The molecule has 2 rings (SSSR count). The average Bonchev–Trinajstić information content (AvgIpc) is 2.52. The van der Waals surface area contributed by atoms with Crippen LogP contribution in [0.2, 0.25) is 0 Å². The van der Waals surface area contributed by atoms with Crippen molar-refractivity contribution in [3.63, 3.8) is 0 Å². The predicted octanol–water partition coefficient (Wildman–Crippen LogP) is 2.82. The van der Waals surface area contributed by atoms with Crippen molar-refractivity contribution in [1.29, 1.82) is 0 Å². The number of benzene rings is 2. The van der Waals surface area contributed by atoms with E-state index in [1.54, 1.807) is 32.2 Å². The SMILES string of the molecule is COc1ccc([C@H](C)O)c(OCc2ccc(CO)cc2)c1. The molecule has 0 aliphatic rings. The van der Waals surface area contributed by atoms with Crippen molar-refractivity contribution < 1.29 is 19.7 Å². The minimum Gasteiger partial charge on any atom is -0.497 e. The maximum absolute atomic E-state index is 9.79. The maximum Gasteiger partial charge on any atom is 0.129 e. The Bertz CT molecular complexity index is 576. The molecule has 4 nitrogen and oxygen atoms in total. The van der Waals surface area contributed by atoms with Gasteiger partial charge in [0.15, 0.2) is 0 Å². The van der Waals surface area contributed by atoms with Gasteiger partial charge in [0.05, 0.1) is 19.8 Å². The Morgan fingerprint density at radius 1 is 1.05 bits per heavy atom. The van der Waals surface area contributed by atoms with E-state index in [4.69, 9.17) is 14.6 Å². The van der Waals surface area contributed by atoms with Crippen LogP contribution in [-0.2, 0) is 13.2 Å².